The van der Waals surface area contributed by atoms with E-state index < -0.39 is 0 Å². The number of rotatable bonds is 8. The maximum absolute atomic E-state index is 9.05. The molecule has 0 aliphatic carbocycles. The summed E-state index contributed by atoms with van der Waals surface area (Å²) in [7, 11) is 0. The van der Waals surface area contributed by atoms with Crippen LogP contribution in [0, 0.1) is 0 Å². The third-order valence-corrected chi connectivity index (χ3v) is 3.52. The molecule has 0 atom stereocenters. The molecule has 0 unspecified atom stereocenters. The zero-order valence-electron chi connectivity index (χ0n) is 12.8. The van der Waals surface area contributed by atoms with Gasteiger partial charge in [-0.25, -0.2) is 0 Å². The summed E-state index contributed by atoms with van der Waals surface area (Å²) in [4.78, 5) is 2.14. The van der Waals surface area contributed by atoms with Crippen molar-refractivity contribution in [2.45, 2.75) is 26.8 Å². The molecular weight excluding hydrogens is 264 g/mol. The number of furan rings is 1. The van der Waals surface area contributed by atoms with Crippen LogP contribution < -0.4 is 10.2 Å². The Balaban J connectivity index is 1.92. The van der Waals surface area contributed by atoms with Crippen LogP contribution in [0.4, 0.5) is 11.4 Å². The molecule has 0 fully saturated rings. The van der Waals surface area contributed by atoms with Gasteiger partial charge in [0.15, 0.2) is 0 Å². The fraction of sp³-hybridized carbons (Fsp3) is 0.412. The van der Waals surface area contributed by atoms with Gasteiger partial charge < -0.3 is 19.7 Å². The van der Waals surface area contributed by atoms with Crippen LogP contribution in [0.5, 0.6) is 0 Å². The van der Waals surface area contributed by atoms with Crippen LogP contribution in [0.3, 0.4) is 0 Å². The molecule has 4 heteroatoms. The number of anilines is 2. The van der Waals surface area contributed by atoms with Crippen molar-refractivity contribution in [3.8, 4) is 0 Å². The van der Waals surface area contributed by atoms with Crippen LogP contribution >= 0.6 is 0 Å². The van der Waals surface area contributed by atoms with Crippen molar-refractivity contribution >= 4 is 11.4 Å². The Kier molecular flexibility index (Phi) is 5.69. The highest BCUT2D eigenvalue weighted by Crippen LogP contribution is 2.18. The topological polar surface area (TPSA) is 48.6 Å². The molecule has 1 heterocycles. The van der Waals surface area contributed by atoms with Gasteiger partial charge >= 0.3 is 0 Å². The van der Waals surface area contributed by atoms with Crippen LogP contribution in [-0.4, -0.2) is 24.8 Å². The Morgan fingerprint density at radius 3 is 2.33 bits per heavy atom. The number of aliphatic hydroxyl groups is 1. The Morgan fingerprint density at radius 1 is 1.05 bits per heavy atom. The quantitative estimate of drug-likeness (QED) is 0.782. The third-order valence-electron chi connectivity index (χ3n) is 3.52. The molecule has 0 spiro atoms. The zero-order chi connectivity index (χ0) is 15.1. The summed E-state index contributed by atoms with van der Waals surface area (Å²) in [5.41, 5.74) is 2.19. The maximum Gasteiger partial charge on any atom is 0.123 e. The van der Waals surface area contributed by atoms with Crippen LogP contribution in [-0.2, 0) is 13.0 Å². The number of hydrogen-bond acceptors (Lipinski definition) is 4. The van der Waals surface area contributed by atoms with Crippen molar-refractivity contribution in [3.63, 3.8) is 0 Å². The molecule has 21 heavy (non-hydrogen) atoms. The van der Waals surface area contributed by atoms with Crippen molar-refractivity contribution in [1.29, 1.82) is 0 Å². The predicted molar refractivity (Wildman–Crippen MR) is 86.8 cm³/mol. The van der Waals surface area contributed by atoms with Crippen LogP contribution in [0.2, 0.25) is 0 Å². The second-order valence-corrected chi connectivity index (χ2v) is 4.93. The van der Waals surface area contributed by atoms with Gasteiger partial charge in [-0.15, -0.1) is 0 Å². The molecule has 0 bridgehead atoms. The molecule has 114 valence electrons. The van der Waals surface area contributed by atoms with Gasteiger partial charge in [0.2, 0.25) is 0 Å². The van der Waals surface area contributed by atoms with E-state index in [1.54, 1.807) is 0 Å². The van der Waals surface area contributed by atoms with E-state index in [4.69, 9.17) is 9.52 Å². The molecule has 0 saturated carbocycles. The smallest absolute Gasteiger partial charge is 0.123 e. The fourth-order valence-corrected chi connectivity index (χ4v) is 2.28. The van der Waals surface area contributed by atoms with Gasteiger partial charge in [-0.1, -0.05) is 6.92 Å². The molecule has 2 rings (SSSR count). The Bertz CT molecular complexity index is 534. The first-order valence-electron chi connectivity index (χ1n) is 7.54. The summed E-state index contributed by atoms with van der Waals surface area (Å²) >= 11 is 0. The van der Waals surface area contributed by atoms with E-state index in [0.29, 0.717) is 13.1 Å². The van der Waals surface area contributed by atoms with Crippen molar-refractivity contribution in [1.82, 2.24) is 0 Å². The highest BCUT2D eigenvalue weighted by Gasteiger charge is 2.04. The second kappa shape index (κ2) is 7.74. The van der Waals surface area contributed by atoms with E-state index in [9.17, 15) is 0 Å². The third kappa shape index (κ3) is 4.26. The first kappa shape index (κ1) is 15.4. The van der Waals surface area contributed by atoms with E-state index in [1.807, 2.05) is 12.1 Å². The monoisotopic (exact) mass is 288 g/mol. The molecule has 0 aliphatic heterocycles. The summed E-state index contributed by atoms with van der Waals surface area (Å²) < 4.78 is 5.67. The molecule has 2 aromatic rings. The molecule has 0 radical (unpaired) electrons. The zero-order valence-corrected chi connectivity index (χ0v) is 12.8. The fourth-order valence-electron chi connectivity index (χ4n) is 2.28. The lowest BCUT2D eigenvalue weighted by Gasteiger charge is -2.22. The summed E-state index contributed by atoms with van der Waals surface area (Å²) in [6.45, 7) is 6.58. The largest absolute Gasteiger partial charge is 0.464 e. The number of nitrogens with zero attached hydrogens (tertiary/aromatic N) is 1. The molecule has 1 aromatic carbocycles. The van der Waals surface area contributed by atoms with Crippen LogP contribution in [0.15, 0.2) is 40.8 Å². The number of benzene rings is 1. The maximum atomic E-state index is 9.05. The number of nitrogens with one attached hydrogen (secondary N) is 1. The normalized spacial score (nSPS) is 10.6. The number of aliphatic hydroxyl groups excluding tert-OH is 1. The van der Waals surface area contributed by atoms with E-state index in [2.05, 4.69) is 48.3 Å². The highest BCUT2D eigenvalue weighted by atomic mass is 16.3. The molecule has 1 aromatic heterocycles. The number of likely N-dealkylation sites (N-methyl/N-ethyl adjacent to an activating group) is 1. The van der Waals surface area contributed by atoms with E-state index in [0.717, 1.165) is 35.9 Å². The van der Waals surface area contributed by atoms with Crippen molar-refractivity contribution < 1.29 is 9.52 Å². The Morgan fingerprint density at radius 2 is 1.76 bits per heavy atom. The number of aryl methyl sites for hydroxylation is 1. The Hall–Kier alpha value is -1.94. The van der Waals surface area contributed by atoms with Gasteiger partial charge in [0.25, 0.3) is 0 Å². The van der Waals surface area contributed by atoms with Crippen molar-refractivity contribution in [3.05, 3.63) is 47.9 Å². The minimum absolute atomic E-state index is 0.173. The SMILES string of the molecule is CCc1ccc(CNc2ccc(N(CC)CCO)cc2)o1. The second-order valence-electron chi connectivity index (χ2n) is 4.93. The van der Waals surface area contributed by atoms with E-state index in [-0.39, 0.29) is 6.61 Å². The average molecular weight is 288 g/mol. The van der Waals surface area contributed by atoms with Gasteiger partial charge in [0.05, 0.1) is 13.2 Å². The van der Waals surface area contributed by atoms with Gasteiger partial charge in [-0.2, -0.15) is 0 Å². The lowest BCUT2D eigenvalue weighted by Crippen LogP contribution is -2.25. The molecule has 0 aliphatic rings. The predicted octanol–water partition coefficient (Wildman–Crippen LogP) is 3.27. The minimum Gasteiger partial charge on any atom is -0.464 e. The average Bonchev–Trinajstić information content (AvgIpc) is 2.99. The molecule has 0 amide bonds. The molecule has 4 nitrogen and oxygen atoms in total. The molecule has 2 N–H and O–H groups in total. The van der Waals surface area contributed by atoms with Crippen LogP contribution in [0.25, 0.3) is 0 Å². The number of hydrogen-bond donors (Lipinski definition) is 2. The van der Waals surface area contributed by atoms with Crippen molar-refractivity contribution in [2.75, 3.05) is 29.9 Å². The van der Waals surface area contributed by atoms with Gasteiger partial charge in [0, 0.05) is 30.9 Å². The van der Waals surface area contributed by atoms with Gasteiger partial charge in [0.1, 0.15) is 11.5 Å². The van der Waals surface area contributed by atoms with Crippen LogP contribution in [0.1, 0.15) is 25.4 Å². The summed E-state index contributed by atoms with van der Waals surface area (Å²) in [5.74, 6) is 1.97. The minimum atomic E-state index is 0.173. The Labute approximate surface area is 126 Å². The standard InChI is InChI=1S/C17H24N2O2/c1-3-16-9-10-17(21-16)13-18-14-5-7-15(8-6-14)19(4-2)11-12-20/h5-10,18,20H,3-4,11-13H2,1-2H3. The van der Waals surface area contributed by atoms with E-state index in [1.165, 1.54) is 0 Å². The van der Waals surface area contributed by atoms with Gasteiger partial charge in [-0.3, -0.25) is 0 Å². The molecular formula is C17H24N2O2. The molecule has 0 saturated heterocycles. The first-order chi connectivity index (χ1) is 10.3. The van der Waals surface area contributed by atoms with Crippen molar-refractivity contribution in [2.24, 2.45) is 0 Å². The summed E-state index contributed by atoms with van der Waals surface area (Å²) in [6, 6.07) is 12.3. The highest BCUT2D eigenvalue weighted by molar-refractivity contribution is 5.55. The first-order valence-corrected chi connectivity index (χ1v) is 7.54. The lowest BCUT2D eigenvalue weighted by atomic mass is 10.2. The van der Waals surface area contributed by atoms with Gasteiger partial charge in [-0.05, 0) is 43.3 Å². The summed E-state index contributed by atoms with van der Waals surface area (Å²) in [6.07, 6.45) is 0.923. The summed E-state index contributed by atoms with van der Waals surface area (Å²) in [5, 5.41) is 12.4. The lowest BCUT2D eigenvalue weighted by molar-refractivity contribution is 0.302. The van der Waals surface area contributed by atoms with E-state index >= 15 is 0 Å².